The Balaban J connectivity index is 1.76. The molecule has 0 aliphatic carbocycles. The molecule has 1 atom stereocenters. The van der Waals surface area contributed by atoms with E-state index in [0.29, 0.717) is 61.8 Å². The number of carbonyl (C=O) groups is 1. The number of anilines is 1. The molecule has 1 aliphatic rings. The number of hydrogen-bond donors (Lipinski definition) is 3. The van der Waals surface area contributed by atoms with Gasteiger partial charge in [0.05, 0.1) is 44.9 Å². The van der Waals surface area contributed by atoms with Gasteiger partial charge in [-0.25, -0.2) is 9.78 Å². The van der Waals surface area contributed by atoms with Crippen LogP contribution in [0.15, 0.2) is 17.3 Å². The Labute approximate surface area is 162 Å². The maximum absolute atomic E-state index is 11.3. The third-order valence-electron chi connectivity index (χ3n) is 3.75. The third kappa shape index (κ3) is 6.35. The number of pyridine rings is 1. The number of rotatable bonds is 12. The normalized spacial score (nSPS) is 19.1. The minimum Gasteiger partial charge on any atom is -0.506 e. The van der Waals surface area contributed by atoms with Crippen molar-refractivity contribution in [2.24, 2.45) is 4.99 Å². The van der Waals surface area contributed by atoms with Crippen LogP contribution in [-0.4, -0.2) is 84.2 Å². The largest absolute Gasteiger partial charge is 0.506 e. The molecule has 9 nitrogen and oxygen atoms in total. The molecule has 10 heteroatoms. The van der Waals surface area contributed by atoms with Gasteiger partial charge >= 0.3 is 5.97 Å². The fourth-order valence-corrected chi connectivity index (χ4v) is 3.34. The van der Waals surface area contributed by atoms with Crippen LogP contribution in [0.25, 0.3) is 0 Å². The number of aromatic hydroxyl groups is 1. The van der Waals surface area contributed by atoms with Crippen LogP contribution in [0.4, 0.5) is 5.69 Å². The van der Waals surface area contributed by atoms with E-state index in [1.165, 1.54) is 17.8 Å². The predicted octanol–water partition coefficient (Wildman–Crippen LogP) is 1.22. The van der Waals surface area contributed by atoms with Gasteiger partial charge in [0.2, 0.25) is 0 Å². The van der Waals surface area contributed by atoms with Crippen LogP contribution in [0.2, 0.25) is 0 Å². The number of carboxylic acid groups (broad SMARTS) is 1. The summed E-state index contributed by atoms with van der Waals surface area (Å²) in [4.78, 5) is 19.7. The van der Waals surface area contributed by atoms with Crippen molar-refractivity contribution in [2.75, 3.05) is 57.8 Å². The van der Waals surface area contributed by atoms with Crippen molar-refractivity contribution < 1.29 is 29.2 Å². The first-order chi connectivity index (χ1) is 13.0. The zero-order valence-electron chi connectivity index (χ0n) is 15.4. The average molecular weight is 399 g/mol. The lowest BCUT2D eigenvalue weighted by Gasteiger charge is -2.11. The van der Waals surface area contributed by atoms with Crippen molar-refractivity contribution in [1.82, 2.24) is 4.98 Å². The van der Waals surface area contributed by atoms with E-state index in [1.54, 1.807) is 20.2 Å². The van der Waals surface area contributed by atoms with Gasteiger partial charge in [0, 0.05) is 25.5 Å². The summed E-state index contributed by atoms with van der Waals surface area (Å²) in [6.45, 7) is 4.69. The van der Waals surface area contributed by atoms with Gasteiger partial charge in [0.25, 0.3) is 0 Å². The number of aromatic nitrogens is 1. The number of methoxy groups -OCH3 is 1. The summed E-state index contributed by atoms with van der Waals surface area (Å²) in [5.74, 6) is -0.731. The van der Waals surface area contributed by atoms with E-state index in [2.05, 4.69) is 15.3 Å². The van der Waals surface area contributed by atoms with Crippen LogP contribution in [-0.2, 0) is 19.0 Å². The van der Waals surface area contributed by atoms with E-state index in [-0.39, 0.29) is 5.75 Å². The number of aliphatic imine (C=N–C) groups is 1. The molecule has 0 radical (unpaired) electrons. The van der Waals surface area contributed by atoms with E-state index in [4.69, 9.17) is 14.2 Å². The highest BCUT2D eigenvalue weighted by Crippen LogP contribution is 2.33. The smallest absolute Gasteiger partial charge is 0.332 e. The third-order valence-corrected chi connectivity index (χ3v) is 5.01. The molecule has 0 saturated carbocycles. The average Bonchev–Trinajstić information content (AvgIpc) is 3.04. The van der Waals surface area contributed by atoms with E-state index >= 15 is 0 Å². The highest BCUT2D eigenvalue weighted by molar-refractivity contribution is 8.14. The molecule has 3 N–H and O–H groups in total. The lowest BCUT2D eigenvalue weighted by atomic mass is 10.1. The minimum atomic E-state index is -1.18. The van der Waals surface area contributed by atoms with Crippen LogP contribution >= 0.6 is 11.8 Å². The maximum atomic E-state index is 11.3. The second-order valence-electron chi connectivity index (χ2n) is 6.02. The molecule has 0 bridgehead atoms. The van der Waals surface area contributed by atoms with E-state index in [1.807, 2.05) is 0 Å². The number of ether oxygens (including phenoxy) is 3. The summed E-state index contributed by atoms with van der Waals surface area (Å²) in [5.41, 5.74) is -0.254. The topological polar surface area (TPSA) is 122 Å². The highest BCUT2D eigenvalue weighted by atomic mass is 32.2. The number of aliphatic carboxylic acids is 1. The summed E-state index contributed by atoms with van der Waals surface area (Å²) < 4.78 is 15.6. The van der Waals surface area contributed by atoms with Gasteiger partial charge in [-0.2, -0.15) is 0 Å². The van der Waals surface area contributed by atoms with E-state index in [9.17, 15) is 15.0 Å². The molecule has 0 spiro atoms. The monoisotopic (exact) mass is 399 g/mol. The number of nitrogens with one attached hydrogen (secondary N) is 1. The second-order valence-corrected chi connectivity index (χ2v) is 6.98. The molecule has 2 heterocycles. The SMILES string of the molecule is COCCOCCOCCNc1cnc(C2=N[C@@](C)(C(=O)O)CS2)c(O)c1. The van der Waals surface area contributed by atoms with Gasteiger partial charge in [-0.15, -0.1) is 11.8 Å². The Kier molecular flexibility index (Phi) is 8.29. The summed E-state index contributed by atoms with van der Waals surface area (Å²) >= 11 is 1.27. The predicted molar refractivity (Wildman–Crippen MR) is 103 cm³/mol. The lowest BCUT2D eigenvalue weighted by Crippen LogP contribution is -2.33. The lowest BCUT2D eigenvalue weighted by molar-refractivity contribution is -0.141. The van der Waals surface area contributed by atoms with Crippen LogP contribution in [0.5, 0.6) is 5.75 Å². The number of hydrogen-bond acceptors (Lipinski definition) is 9. The highest BCUT2D eigenvalue weighted by Gasteiger charge is 2.39. The first-order valence-corrected chi connectivity index (χ1v) is 9.48. The molecule has 0 fully saturated rings. The summed E-state index contributed by atoms with van der Waals surface area (Å²) in [5, 5.41) is 23.0. The fourth-order valence-electron chi connectivity index (χ4n) is 2.17. The molecule has 0 saturated heterocycles. The molecule has 27 heavy (non-hydrogen) atoms. The standard InChI is InChI=1S/C17H25N3O6S/c1-17(16(22)23)11-27-15(20-17)14-13(21)9-12(10-19-14)18-3-4-25-7-8-26-6-5-24-2/h9-10,18,21H,3-8,11H2,1-2H3,(H,22,23)/t17-/m1/s1. The van der Waals surface area contributed by atoms with Gasteiger partial charge < -0.3 is 29.7 Å². The molecule has 1 aliphatic heterocycles. The molecule has 0 amide bonds. The summed E-state index contributed by atoms with van der Waals surface area (Å²) in [6.07, 6.45) is 1.57. The Hall–Kier alpha value is -1.88. The number of thioether (sulfide) groups is 1. The molecule has 2 rings (SSSR count). The first kappa shape index (κ1) is 21.4. The van der Waals surface area contributed by atoms with Crippen LogP contribution < -0.4 is 5.32 Å². The van der Waals surface area contributed by atoms with E-state index in [0.717, 1.165) is 0 Å². The minimum absolute atomic E-state index is 0.0478. The van der Waals surface area contributed by atoms with Crippen LogP contribution in [0, 0.1) is 0 Å². The van der Waals surface area contributed by atoms with E-state index < -0.39 is 11.5 Å². The molecule has 150 valence electrons. The van der Waals surface area contributed by atoms with Gasteiger partial charge in [-0.1, -0.05) is 0 Å². The number of carboxylic acids is 1. The summed E-state index contributed by atoms with van der Waals surface area (Å²) in [7, 11) is 1.62. The van der Waals surface area contributed by atoms with Crippen LogP contribution in [0.1, 0.15) is 12.6 Å². The van der Waals surface area contributed by atoms with Gasteiger partial charge in [0.1, 0.15) is 16.5 Å². The van der Waals surface area contributed by atoms with Crippen molar-refractivity contribution in [2.45, 2.75) is 12.5 Å². The zero-order valence-corrected chi connectivity index (χ0v) is 16.3. The Morgan fingerprint density at radius 1 is 1.30 bits per heavy atom. The molecule has 1 aromatic heterocycles. The quantitative estimate of drug-likeness (QED) is 0.445. The van der Waals surface area contributed by atoms with Crippen LogP contribution in [0.3, 0.4) is 0 Å². The fraction of sp³-hybridized carbons (Fsp3) is 0.588. The van der Waals surface area contributed by atoms with Gasteiger partial charge in [-0.05, 0) is 6.92 Å². The molecule has 0 aromatic carbocycles. The zero-order chi connectivity index (χ0) is 19.7. The molecular formula is C17H25N3O6S. The van der Waals surface area contributed by atoms with Crippen molar-refractivity contribution in [3.8, 4) is 5.75 Å². The Bertz CT molecular complexity index is 672. The summed E-state index contributed by atoms with van der Waals surface area (Å²) in [6, 6.07) is 1.54. The first-order valence-electron chi connectivity index (χ1n) is 8.50. The van der Waals surface area contributed by atoms with Gasteiger partial charge in [-0.3, -0.25) is 4.99 Å². The Morgan fingerprint density at radius 3 is 2.63 bits per heavy atom. The van der Waals surface area contributed by atoms with Crippen molar-refractivity contribution in [3.05, 3.63) is 18.0 Å². The maximum Gasteiger partial charge on any atom is 0.332 e. The number of nitrogens with zero attached hydrogens (tertiary/aromatic N) is 2. The second kappa shape index (κ2) is 10.5. The Morgan fingerprint density at radius 2 is 2.00 bits per heavy atom. The van der Waals surface area contributed by atoms with Crippen molar-refractivity contribution in [1.29, 1.82) is 0 Å². The molecule has 1 aromatic rings. The molecule has 0 unspecified atom stereocenters. The van der Waals surface area contributed by atoms with Crippen molar-refractivity contribution >= 4 is 28.5 Å². The van der Waals surface area contributed by atoms with Crippen molar-refractivity contribution in [3.63, 3.8) is 0 Å². The van der Waals surface area contributed by atoms with Gasteiger partial charge in [0.15, 0.2) is 5.54 Å². The molecular weight excluding hydrogens is 374 g/mol.